The van der Waals surface area contributed by atoms with Crippen molar-refractivity contribution in [3.05, 3.63) is 63.6 Å². The maximum atomic E-state index is 12.9. The third-order valence-corrected chi connectivity index (χ3v) is 8.88. The number of aromatic nitrogens is 1. The van der Waals surface area contributed by atoms with E-state index in [2.05, 4.69) is 28.1 Å². The summed E-state index contributed by atoms with van der Waals surface area (Å²) in [7, 11) is 6.61. The number of carbonyl (C=O) groups is 1. The van der Waals surface area contributed by atoms with Crippen molar-refractivity contribution in [3.8, 4) is 23.0 Å². The van der Waals surface area contributed by atoms with Crippen LogP contribution in [0.4, 0.5) is 0 Å². The number of nitrogens with zero attached hydrogens (tertiary/aromatic N) is 3. The zero-order valence-corrected chi connectivity index (χ0v) is 27.0. The Kier molecular flexibility index (Phi) is 12.5. The van der Waals surface area contributed by atoms with Gasteiger partial charge in [0.1, 0.15) is 22.2 Å². The zero-order chi connectivity index (χ0) is 30.6. The van der Waals surface area contributed by atoms with Gasteiger partial charge in [-0.1, -0.05) is 18.6 Å². The van der Waals surface area contributed by atoms with Crippen LogP contribution in [0.2, 0.25) is 0 Å². The van der Waals surface area contributed by atoms with Gasteiger partial charge in [-0.2, -0.15) is 0 Å². The molecule has 1 aromatic heterocycles. The number of ether oxygens (including phenoxy) is 4. The number of likely N-dealkylation sites (tertiary alicyclic amines) is 1. The molecule has 0 saturated carbocycles. The zero-order valence-electron chi connectivity index (χ0n) is 26.2. The van der Waals surface area contributed by atoms with E-state index in [1.807, 2.05) is 35.7 Å². The Hall–Kier alpha value is -3.34. The fourth-order valence-corrected chi connectivity index (χ4v) is 6.32. The molecule has 0 aliphatic carbocycles. The molecule has 1 aliphatic heterocycles. The molecule has 43 heavy (non-hydrogen) atoms. The lowest BCUT2D eigenvalue weighted by Crippen LogP contribution is -2.39. The minimum absolute atomic E-state index is 0.108. The summed E-state index contributed by atoms with van der Waals surface area (Å²) in [6.45, 7) is 7.16. The molecule has 9 nitrogen and oxygen atoms in total. The van der Waals surface area contributed by atoms with Crippen LogP contribution in [0.1, 0.15) is 59.2 Å². The predicted octanol–water partition coefficient (Wildman–Crippen LogP) is 5.42. The highest BCUT2D eigenvalue weighted by atomic mass is 32.1. The molecule has 3 aromatic rings. The molecule has 10 heteroatoms. The van der Waals surface area contributed by atoms with Crippen LogP contribution in [0.5, 0.6) is 23.0 Å². The summed E-state index contributed by atoms with van der Waals surface area (Å²) < 4.78 is 22.0. The number of methoxy groups -OCH3 is 4. The molecule has 2 aromatic carbocycles. The molecular formula is C33H46N4O5S. The molecule has 2 heterocycles. The lowest BCUT2D eigenvalue weighted by molar-refractivity contribution is 0.0944. The fraction of sp³-hybridized carbons (Fsp3) is 0.515. The summed E-state index contributed by atoms with van der Waals surface area (Å²) in [6.07, 6.45) is 5.61. The predicted molar refractivity (Wildman–Crippen MR) is 171 cm³/mol. The van der Waals surface area contributed by atoms with Gasteiger partial charge in [-0.15, -0.1) is 11.3 Å². The number of benzene rings is 2. The molecular weight excluding hydrogens is 564 g/mol. The van der Waals surface area contributed by atoms with Gasteiger partial charge in [-0.3, -0.25) is 9.69 Å². The Balaban J connectivity index is 1.40. The normalized spacial score (nSPS) is 15.3. The van der Waals surface area contributed by atoms with Crippen LogP contribution in [0.25, 0.3) is 0 Å². The van der Waals surface area contributed by atoms with E-state index in [-0.39, 0.29) is 5.91 Å². The molecule has 1 unspecified atom stereocenters. The molecule has 1 saturated heterocycles. The Morgan fingerprint density at radius 3 is 2.56 bits per heavy atom. The van der Waals surface area contributed by atoms with Crippen molar-refractivity contribution < 1.29 is 23.7 Å². The van der Waals surface area contributed by atoms with E-state index >= 15 is 0 Å². The molecule has 0 spiro atoms. The van der Waals surface area contributed by atoms with E-state index in [1.54, 1.807) is 28.4 Å². The van der Waals surface area contributed by atoms with Gasteiger partial charge < -0.3 is 29.2 Å². The van der Waals surface area contributed by atoms with E-state index < -0.39 is 0 Å². The first-order valence-electron chi connectivity index (χ1n) is 15.0. The van der Waals surface area contributed by atoms with Crippen LogP contribution < -0.4 is 24.3 Å². The van der Waals surface area contributed by atoms with Gasteiger partial charge in [-0.05, 0) is 62.9 Å². The van der Waals surface area contributed by atoms with Crippen LogP contribution in [0, 0.1) is 0 Å². The van der Waals surface area contributed by atoms with Crippen LogP contribution in [-0.2, 0) is 19.5 Å². The lowest BCUT2D eigenvalue weighted by atomic mass is 10.0. The third kappa shape index (κ3) is 9.32. The Labute approximate surface area is 260 Å². The van der Waals surface area contributed by atoms with Crippen molar-refractivity contribution >= 4 is 17.2 Å². The van der Waals surface area contributed by atoms with Gasteiger partial charge in [0.25, 0.3) is 5.91 Å². The maximum Gasteiger partial charge on any atom is 0.270 e. The number of hydrogen-bond donors (Lipinski definition) is 1. The van der Waals surface area contributed by atoms with Crippen LogP contribution >= 0.6 is 11.3 Å². The maximum absolute atomic E-state index is 12.9. The Morgan fingerprint density at radius 2 is 1.81 bits per heavy atom. The van der Waals surface area contributed by atoms with Crippen molar-refractivity contribution in [2.75, 3.05) is 54.6 Å². The average Bonchev–Trinajstić information content (AvgIpc) is 3.51. The van der Waals surface area contributed by atoms with Gasteiger partial charge in [0, 0.05) is 49.2 Å². The van der Waals surface area contributed by atoms with Crippen LogP contribution in [0.15, 0.2) is 41.8 Å². The highest BCUT2D eigenvalue weighted by molar-refractivity contribution is 7.09. The first kappa shape index (κ1) is 32.6. The quantitative estimate of drug-likeness (QED) is 0.216. The van der Waals surface area contributed by atoms with E-state index in [1.165, 1.54) is 30.6 Å². The summed E-state index contributed by atoms with van der Waals surface area (Å²) in [5.41, 5.74) is 2.67. The molecule has 0 bridgehead atoms. The minimum atomic E-state index is -0.108. The number of nitrogens with one attached hydrogen (secondary N) is 1. The molecule has 0 radical (unpaired) electrons. The van der Waals surface area contributed by atoms with E-state index in [0.29, 0.717) is 42.9 Å². The van der Waals surface area contributed by atoms with Gasteiger partial charge in [0.15, 0.2) is 11.5 Å². The highest BCUT2D eigenvalue weighted by Crippen LogP contribution is 2.29. The van der Waals surface area contributed by atoms with Crippen LogP contribution in [0.3, 0.4) is 0 Å². The summed E-state index contributed by atoms with van der Waals surface area (Å²) in [4.78, 5) is 22.4. The topological polar surface area (TPSA) is 85.4 Å². The summed E-state index contributed by atoms with van der Waals surface area (Å²) in [5, 5.41) is 5.82. The first-order chi connectivity index (χ1) is 20.9. The number of piperidine rings is 1. The SMILES string of the molecule is COc1ccc(CN(CCc2ccc(OC)c(OC)c2)Cc2nc(C(=O)NCCCN3CCCCC3C)cs2)c(OC)c1. The summed E-state index contributed by atoms with van der Waals surface area (Å²) in [6, 6.07) is 12.5. The largest absolute Gasteiger partial charge is 0.497 e. The van der Waals surface area contributed by atoms with E-state index in [0.717, 1.165) is 60.1 Å². The summed E-state index contributed by atoms with van der Waals surface area (Å²) >= 11 is 1.52. The van der Waals surface area contributed by atoms with Gasteiger partial charge in [-0.25, -0.2) is 4.98 Å². The van der Waals surface area contributed by atoms with Crippen LogP contribution in [-0.4, -0.2) is 81.4 Å². The van der Waals surface area contributed by atoms with Gasteiger partial charge >= 0.3 is 0 Å². The van der Waals surface area contributed by atoms with E-state index in [4.69, 9.17) is 23.9 Å². The standard InChI is InChI=1S/C33H46N4O5S/c1-24-9-6-7-16-37(24)17-8-15-34-33(38)28-23-43-32(35-28)22-36(21-26-11-12-27(39-2)20-30(26)41-4)18-14-25-10-13-29(40-3)31(19-25)42-5/h10-13,19-20,23-24H,6-9,14-18,21-22H2,1-5H3,(H,34,38). The Bertz CT molecular complexity index is 1320. The number of hydrogen-bond acceptors (Lipinski definition) is 9. The molecule has 4 rings (SSSR count). The number of carbonyl (C=O) groups excluding carboxylic acids is 1. The molecule has 1 aliphatic rings. The monoisotopic (exact) mass is 610 g/mol. The number of thiazole rings is 1. The third-order valence-electron chi connectivity index (χ3n) is 8.04. The number of rotatable bonds is 16. The van der Waals surface area contributed by atoms with Crippen molar-refractivity contribution in [1.82, 2.24) is 20.1 Å². The first-order valence-corrected chi connectivity index (χ1v) is 15.9. The van der Waals surface area contributed by atoms with Crippen molar-refractivity contribution in [1.29, 1.82) is 0 Å². The van der Waals surface area contributed by atoms with Crippen molar-refractivity contribution in [2.45, 2.75) is 58.2 Å². The highest BCUT2D eigenvalue weighted by Gasteiger charge is 2.19. The van der Waals surface area contributed by atoms with E-state index in [9.17, 15) is 4.79 Å². The lowest BCUT2D eigenvalue weighted by Gasteiger charge is -2.33. The second kappa shape index (κ2) is 16.5. The average molecular weight is 611 g/mol. The fourth-order valence-electron chi connectivity index (χ4n) is 5.50. The van der Waals surface area contributed by atoms with Gasteiger partial charge in [0.2, 0.25) is 0 Å². The number of amides is 1. The second-order valence-corrected chi connectivity index (χ2v) is 11.9. The minimum Gasteiger partial charge on any atom is -0.497 e. The molecule has 1 atom stereocenters. The molecule has 234 valence electrons. The second-order valence-electron chi connectivity index (χ2n) is 10.9. The van der Waals surface area contributed by atoms with Crippen molar-refractivity contribution in [3.63, 3.8) is 0 Å². The molecule has 1 amide bonds. The van der Waals surface area contributed by atoms with Gasteiger partial charge in [0.05, 0.1) is 35.0 Å². The Morgan fingerprint density at radius 1 is 1.00 bits per heavy atom. The molecule has 1 fully saturated rings. The summed E-state index contributed by atoms with van der Waals surface area (Å²) in [5.74, 6) is 2.83. The smallest absolute Gasteiger partial charge is 0.270 e. The molecule has 1 N–H and O–H groups in total. The van der Waals surface area contributed by atoms with Crippen molar-refractivity contribution in [2.24, 2.45) is 0 Å².